The third kappa shape index (κ3) is 4.77. The molecule has 0 fully saturated rings. The maximum atomic E-state index is 12.8. The molecule has 1 unspecified atom stereocenters. The van der Waals surface area contributed by atoms with E-state index < -0.39 is 31.7 Å². The molecule has 0 amide bonds. The van der Waals surface area contributed by atoms with Gasteiger partial charge in [-0.15, -0.1) is 0 Å². The molecule has 1 aromatic rings. The van der Waals surface area contributed by atoms with E-state index >= 15 is 0 Å². The van der Waals surface area contributed by atoms with E-state index in [4.69, 9.17) is 5.73 Å². The predicted molar refractivity (Wildman–Crippen MR) is 70.3 cm³/mol. The average molecular weight is 310 g/mol. The van der Waals surface area contributed by atoms with Gasteiger partial charge >= 0.3 is 0 Å². The van der Waals surface area contributed by atoms with Crippen LogP contribution in [0.15, 0.2) is 23.1 Å². The topological polar surface area (TPSA) is 106 Å². The number of sulfone groups is 1. The van der Waals surface area contributed by atoms with Gasteiger partial charge < -0.3 is 5.73 Å². The van der Waals surface area contributed by atoms with Crippen LogP contribution in [-0.4, -0.2) is 34.9 Å². The Morgan fingerprint density at radius 2 is 1.89 bits per heavy atom. The van der Waals surface area contributed by atoms with E-state index in [1.807, 2.05) is 0 Å². The quantitative estimate of drug-likeness (QED) is 0.751. The van der Waals surface area contributed by atoms with E-state index in [0.717, 1.165) is 24.5 Å². The van der Waals surface area contributed by atoms with Crippen LogP contribution in [0.4, 0.5) is 10.1 Å². The van der Waals surface area contributed by atoms with E-state index in [1.54, 1.807) is 0 Å². The predicted octanol–water partition coefficient (Wildman–Crippen LogP) is 0.119. The Hall–Kier alpha value is -1.19. The number of halogens is 1. The van der Waals surface area contributed by atoms with Crippen LogP contribution in [0.5, 0.6) is 0 Å². The lowest BCUT2D eigenvalue weighted by molar-refractivity contribution is 0.564. The van der Waals surface area contributed by atoms with E-state index in [1.165, 1.54) is 6.92 Å². The van der Waals surface area contributed by atoms with Gasteiger partial charge in [0, 0.05) is 12.3 Å². The molecule has 0 saturated carbocycles. The average Bonchev–Trinajstić information content (AvgIpc) is 2.11. The fourth-order valence-electron chi connectivity index (χ4n) is 1.58. The van der Waals surface area contributed by atoms with E-state index in [9.17, 15) is 21.2 Å². The number of benzene rings is 1. The molecular weight excluding hydrogens is 295 g/mol. The summed E-state index contributed by atoms with van der Waals surface area (Å²) < 4.78 is 61.1. The highest BCUT2D eigenvalue weighted by Crippen LogP contribution is 2.19. The van der Waals surface area contributed by atoms with E-state index in [2.05, 4.69) is 4.72 Å². The zero-order valence-electron chi connectivity index (χ0n) is 10.4. The third-order valence-electron chi connectivity index (χ3n) is 2.17. The van der Waals surface area contributed by atoms with Gasteiger partial charge in [0.2, 0.25) is 10.0 Å². The highest BCUT2D eigenvalue weighted by Gasteiger charge is 2.22. The molecule has 0 spiro atoms. The first-order chi connectivity index (χ1) is 8.51. The Morgan fingerprint density at radius 3 is 2.37 bits per heavy atom. The first-order valence-electron chi connectivity index (χ1n) is 5.26. The molecule has 0 radical (unpaired) electrons. The van der Waals surface area contributed by atoms with Crippen LogP contribution >= 0.6 is 0 Å². The molecule has 0 aliphatic heterocycles. The standard InChI is InChI=1S/C10H15FN2O4S2/c1-7(6-18(2,14)15)13-19(16,17)10-4-3-8(11)5-9(10)12/h3-5,7,13H,6,12H2,1-2H3. The van der Waals surface area contributed by atoms with Crippen molar-refractivity contribution in [3.05, 3.63) is 24.0 Å². The summed E-state index contributed by atoms with van der Waals surface area (Å²) in [5.74, 6) is -0.992. The Morgan fingerprint density at radius 1 is 1.32 bits per heavy atom. The lowest BCUT2D eigenvalue weighted by Crippen LogP contribution is -2.37. The molecule has 0 aromatic heterocycles. The molecule has 9 heteroatoms. The third-order valence-corrected chi connectivity index (χ3v) is 4.94. The minimum Gasteiger partial charge on any atom is -0.398 e. The van der Waals surface area contributed by atoms with Crippen LogP contribution in [0.1, 0.15) is 6.92 Å². The van der Waals surface area contributed by atoms with Crippen molar-refractivity contribution in [2.75, 3.05) is 17.7 Å². The first kappa shape index (κ1) is 15.9. The zero-order chi connectivity index (χ0) is 14.8. The largest absolute Gasteiger partial charge is 0.398 e. The van der Waals surface area contributed by atoms with Crippen molar-refractivity contribution < 1.29 is 21.2 Å². The molecule has 0 aliphatic carbocycles. The smallest absolute Gasteiger partial charge is 0.242 e. The van der Waals surface area contributed by atoms with Crippen molar-refractivity contribution in [2.24, 2.45) is 0 Å². The normalized spacial score (nSPS) is 14.3. The van der Waals surface area contributed by atoms with Crippen LogP contribution in [0.2, 0.25) is 0 Å². The lowest BCUT2D eigenvalue weighted by atomic mass is 10.3. The molecule has 1 atom stereocenters. The second-order valence-corrected chi connectivity index (χ2v) is 8.16. The summed E-state index contributed by atoms with van der Waals surface area (Å²) in [6.45, 7) is 1.41. The molecule has 1 aromatic carbocycles. The van der Waals surface area contributed by atoms with Crippen molar-refractivity contribution >= 4 is 25.5 Å². The number of anilines is 1. The van der Waals surface area contributed by atoms with Crippen LogP contribution < -0.4 is 10.5 Å². The molecule has 3 N–H and O–H groups in total. The van der Waals surface area contributed by atoms with Gasteiger partial charge in [-0.25, -0.2) is 25.9 Å². The summed E-state index contributed by atoms with van der Waals surface area (Å²) in [4.78, 5) is -0.283. The summed E-state index contributed by atoms with van der Waals surface area (Å²) in [6, 6.07) is 2.06. The van der Waals surface area contributed by atoms with E-state index in [0.29, 0.717) is 0 Å². The van der Waals surface area contributed by atoms with Crippen molar-refractivity contribution in [3.8, 4) is 0 Å². The molecule has 108 valence electrons. The minimum atomic E-state index is -3.99. The van der Waals surface area contributed by atoms with Crippen molar-refractivity contribution in [2.45, 2.75) is 17.9 Å². The fraction of sp³-hybridized carbons (Fsp3) is 0.400. The Balaban J connectivity index is 2.99. The zero-order valence-corrected chi connectivity index (χ0v) is 12.1. The first-order valence-corrected chi connectivity index (χ1v) is 8.81. The van der Waals surface area contributed by atoms with Crippen LogP contribution in [0.3, 0.4) is 0 Å². The number of nitrogens with one attached hydrogen (secondary N) is 1. The maximum absolute atomic E-state index is 12.8. The number of sulfonamides is 1. The van der Waals surface area contributed by atoms with Gasteiger partial charge in [-0.2, -0.15) is 0 Å². The second kappa shape index (κ2) is 5.43. The number of nitrogens with two attached hydrogens (primary N) is 1. The monoisotopic (exact) mass is 310 g/mol. The van der Waals surface area contributed by atoms with Gasteiger partial charge in [0.05, 0.1) is 11.4 Å². The highest BCUT2D eigenvalue weighted by atomic mass is 32.2. The van der Waals surface area contributed by atoms with Crippen molar-refractivity contribution in [1.29, 1.82) is 0 Å². The molecule has 0 aliphatic rings. The molecule has 0 saturated heterocycles. The van der Waals surface area contributed by atoms with Gasteiger partial charge in [-0.05, 0) is 25.1 Å². The molecular formula is C10H15FN2O4S2. The number of rotatable bonds is 5. The van der Waals surface area contributed by atoms with Crippen LogP contribution in [0, 0.1) is 5.82 Å². The Labute approximate surface area is 111 Å². The van der Waals surface area contributed by atoms with Gasteiger partial charge in [0.1, 0.15) is 20.5 Å². The summed E-state index contributed by atoms with van der Waals surface area (Å²) in [5.41, 5.74) is 5.20. The van der Waals surface area contributed by atoms with Crippen molar-refractivity contribution in [3.63, 3.8) is 0 Å². The highest BCUT2D eigenvalue weighted by molar-refractivity contribution is 7.91. The van der Waals surface area contributed by atoms with Gasteiger partial charge in [0.25, 0.3) is 0 Å². The fourth-order valence-corrected chi connectivity index (χ4v) is 4.03. The second-order valence-electron chi connectivity index (χ2n) is 4.30. The maximum Gasteiger partial charge on any atom is 0.242 e. The number of nitrogen functional groups attached to an aromatic ring is 1. The summed E-state index contributed by atoms with van der Waals surface area (Å²) in [6.07, 6.45) is 1.00. The summed E-state index contributed by atoms with van der Waals surface area (Å²) in [5, 5.41) is 0. The lowest BCUT2D eigenvalue weighted by Gasteiger charge is -2.14. The Kier molecular flexibility index (Phi) is 4.54. The van der Waals surface area contributed by atoms with Crippen molar-refractivity contribution in [1.82, 2.24) is 4.72 Å². The Bertz CT molecular complexity index is 671. The molecule has 0 bridgehead atoms. The van der Waals surface area contributed by atoms with Crippen LogP contribution in [0.25, 0.3) is 0 Å². The number of hydrogen-bond donors (Lipinski definition) is 2. The molecule has 1 rings (SSSR count). The molecule has 0 heterocycles. The van der Waals surface area contributed by atoms with Gasteiger partial charge in [-0.3, -0.25) is 0 Å². The summed E-state index contributed by atoms with van der Waals surface area (Å²) >= 11 is 0. The van der Waals surface area contributed by atoms with Gasteiger partial charge in [0.15, 0.2) is 0 Å². The van der Waals surface area contributed by atoms with Crippen LogP contribution in [-0.2, 0) is 19.9 Å². The van der Waals surface area contributed by atoms with E-state index in [-0.39, 0.29) is 16.3 Å². The molecule has 6 nitrogen and oxygen atoms in total. The summed E-state index contributed by atoms with van der Waals surface area (Å²) in [7, 11) is -7.30. The molecule has 19 heavy (non-hydrogen) atoms. The number of hydrogen-bond acceptors (Lipinski definition) is 5. The SMILES string of the molecule is CC(CS(C)(=O)=O)NS(=O)(=O)c1ccc(F)cc1N. The van der Waals surface area contributed by atoms with Gasteiger partial charge in [-0.1, -0.05) is 0 Å². The minimum absolute atomic E-state index is 0.237.